The van der Waals surface area contributed by atoms with E-state index < -0.39 is 0 Å². The highest BCUT2D eigenvalue weighted by Gasteiger charge is 2.19. The van der Waals surface area contributed by atoms with E-state index in [1.165, 1.54) is 10.4 Å². The van der Waals surface area contributed by atoms with Gasteiger partial charge in [-0.15, -0.1) is 21.5 Å². The monoisotopic (exact) mass is 407 g/mol. The molecule has 0 saturated carbocycles. The third-order valence-electron chi connectivity index (χ3n) is 2.64. The Morgan fingerprint density at radius 2 is 2.26 bits per heavy atom. The second kappa shape index (κ2) is 6.92. The van der Waals surface area contributed by atoms with E-state index in [4.69, 9.17) is 0 Å². The van der Waals surface area contributed by atoms with Crippen LogP contribution in [-0.4, -0.2) is 26.8 Å². The molecule has 2 aromatic heterocycles. The van der Waals surface area contributed by atoms with Gasteiger partial charge in [-0.3, -0.25) is 0 Å². The number of hydrogen-bond acceptors (Lipinski definition) is 5. The number of nitrogens with zero attached hydrogens (tertiary/aromatic N) is 4. The highest BCUT2D eigenvalue weighted by atomic mass is 79.9. The number of thiophene rings is 1. The van der Waals surface area contributed by atoms with Gasteiger partial charge in [0.05, 0.1) is 14.6 Å². The molecule has 1 atom stereocenters. The SMILES string of the molecule is CCCNC(Cc1nnn(C)n1)c1cc(Br)sc1Br. The standard InChI is InChI=1S/C11H15Br2N5S/c1-3-4-14-8(6-10-15-17-18(2)16-10)7-5-9(12)19-11(7)13/h5,8,14H,3-4,6H2,1-2H3. The summed E-state index contributed by atoms with van der Waals surface area (Å²) in [6, 6.07) is 2.33. The predicted molar refractivity (Wildman–Crippen MR) is 83.3 cm³/mol. The van der Waals surface area contributed by atoms with Gasteiger partial charge < -0.3 is 5.32 Å². The summed E-state index contributed by atoms with van der Waals surface area (Å²) in [5.74, 6) is 0.755. The van der Waals surface area contributed by atoms with Gasteiger partial charge in [0.2, 0.25) is 0 Å². The van der Waals surface area contributed by atoms with Crippen LogP contribution in [0.25, 0.3) is 0 Å². The Labute approximate surface area is 133 Å². The van der Waals surface area contributed by atoms with E-state index in [-0.39, 0.29) is 6.04 Å². The fourth-order valence-electron chi connectivity index (χ4n) is 1.79. The molecule has 0 aliphatic carbocycles. The Bertz CT molecular complexity index is 539. The maximum atomic E-state index is 4.25. The zero-order valence-electron chi connectivity index (χ0n) is 10.7. The van der Waals surface area contributed by atoms with E-state index in [9.17, 15) is 0 Å². The van der Waals surface area contributed by atoms with Gasteiger partial charge in [-0.25, -0.2) is 0 Å². The molecule has 1 unspecified atom stereocenters. The summed E-state index contributed by atoms with van der Waals surface area (Å²) in [5.41, 5.74) is 1.23. The van der Waals surface area contributed by atoms with Crippen LogP contribution < -0.4 is 5.32 Å². The number of hydrogen-bond donors (Lipinski definition) is 1. The molecular weight excluding hydrogens is 394 g/mol. The molecule has 8 heteroatoms. The van der Waals surface area contributed by atoms with Crippen molar-refractivity contribution in [2.45, 2.75) is 25.8 Å². The van der Waals surface area contributed by atoms with Crippen molar-refractivity contribution < 1.29 is 0 Å². The summed E-state index contributed by atoms with van der Waals surface area (Å²) in [6.07, 6.45) is 1.82. The lowest BCUT2D eigenvalue weighted by Gasteiger charge is -2.16. The molecule has 0 aliphatic heterocycles. The van der Waals surface area contributed by atoms with Crippen LogP contribution in [0.1, 0.15) is 30.8 Å². The van der Waals surface area contributed by atoms with E-state index in [1.807, 2.05) is 0 Å². The van der Waals surface area contributed by atoms with Crippen molar-refractivity contribution in [2.75, 3.05) is 6.54 Å². The first kappa shape index (κ1) is 15.1. The largest absolute Gasteiger partial charge is 0.309 e. The Morgan fingerprint density at radius 3 is 2.79 bits per heavy atom. The Morgan fingerprint density at radius 1 is 1.47 bits per heavy atom. The van der Waals surface area contributed by atoms with Crippen molar-refractivity contribution in [3.8, 4) is 0 Å². The van der Waals surface area contributed by atoms with Crippen LogP contribution in [0.3, 0.4) is 0 Å². The van der Waals surface area contributed by atoms with E-state index in [1.54, 1.807) is 18.4 Å². The number of tetrazole rings is 1. The van der Waals surface area contributed by atoms with Crippen LogP contribution in [0.2, 0.25) is 0 Å². The van der Waals surface area contributed by atoms with E-state index in [2.05, 4.69) is 65.6 Å². The maximum Gasteiger partial charge on any atom is 0.176 e. The lowest BCUT2D eigenvalue weighted by molar-refractivity contribution is 0.516. The molecule has 0 spiro atoms. The molecule has 0 saturated heterocycles. The summed E-state index contributed by atoms with van der Waals surface area (Å²) in [5, 5.41) is 15.7. The molecule has 19 heavy (non-hydrogen) atoms. The van der Waals surface area contributed by atoms with Crippen LogP contribution in [0.15, 0.2) is 13.6 Å². The topological polar surface area (TPSA) is 55.6 Å². The van der Waals surface area contributed by atoms with E-state index >= 15 is 0 Å². The maximum absolute atomic E-state index is 4.25. The predicted octanol–water partition coefficient (Wildman–Crippen LogP) is 3.08. The molecule has 0 bridgehead atoms. The molecule has 0 aromatic carbocycles. The first-order valence-corrected chi connectivity index (χ1v) is 8.41. The van der Waals surface area contributed by atoms with Crippen LogP contribution in [0.5, 0.6) is 0 Å². The lowest BCUT2D eigenvalue weighted by Crippen LogP contribution is -2.24. The lowest BCUT2D eigenvalue weighted by atomic mass is 10.1. The van der Waals surface area contributed by atoms with Gasteiger partial charge in [0.1, 0.15) is 0 Å². The zero-order chi connectivity index (χ0) is 13.8. The van der Waals surface area contributed by atoms with Crippen molar-refractivity contribution in [1.29, 1.82) is 0 Å². The van der Waals surface area contributed by atoms with Gasteiger partial charge in [0, 0.05) is 12.5 Å². The molecule has 2 heterocycles. The molecule has 0 amide bonds. The van der Waals surface area contributed by atoms with Gasteiger partial charge in [0.25, 0.3) is 0 Å². The molecule has 0 fully saturated rings. The second-order valence-corrected chi connectivity index (χ2v) is 7.93. The van der Waals surface area contributed by atoms with Crippen LogP contribution in [0.4, 0.5) is 0 Å². The summed E-state index contributed by atoms with van der Waals surface area (Å²) >= 11 is 8.82. The minimum Gasteiger partial charge on any atom is -0.309 e. The van der Waals surface area contributed by atoms with Crippen LogP contribution in [-0.2, 0) is 13.5 Å². The molecule has 0 aliphatic rings. The summed E-state index contributed by atoms with van der Waals surface area (Å²) < 4.78 is 2.25. The average Bonchev–Trinajstić information content (AvgIpc) is 2.91. The van der Waals surface area contributed by atoms with E-state index in [0.717, 1.165) is 32.8 Å². The summed E-state index contributed by atoms with van der Waals surface area (Å²) in [4.78, 5) is 1.49. The minimum atomic E-state index is 0.195. The third-order valence-corrected chi connectivity index (χ3v) is 5.02. The Balaban J connectivity index is 2.18. The van der Waals surface area contributed by atoms with Gasteiger partial charge in [0.15, 0.2) is 5.82 Å². The van der Waals surface area contributed by atoms with Gasteiger partial charge in [-0.2, -0.15) is 4.80 Å². The van der Waals surface area contributed by atoms with Crippen molar-refractivity contribution in [3.63, 3.8) is 0 Å². The third kappa shape index (κ3) is 4.08. The highest BCUT2D eigenvalue weighted by Crippen LogP contribution is 2.36. The molecule has 5 nitrogen and oxygen atoms in total. The van der Waals surface area contributed by atoms with Gasteiger partial charge in [-0.05, 0) is 61.7 Å². The molecule has 0 radical (unpaired) electrons. The molecular formula is C11H15Br2N5S. The van der Waals surface area contributed by atoms with Crippen LogP contribution in [0, 0.1) is 0 Å². The molecule has 1 N–H and O–H groups in total. The second-order valence-electron chi connectivity index (χ2n) is 4.19. The molecule has 104 valence electrons. The molecule has 2 aromatic rings. The highest BCUT2D eigenvalue weighted by molar-refractivity contribution is 9.12. The fraction of sp³-hybridized carbons (Fsp3) is 0.545. The quantitative estimate of drug-likeness (QED) is 0.797. The number of aromatic nitrogens is 4. The number of halogens is 2. The number of rotatable bonds is 6. The van der Waals surface area contributed by atoms with Crippen molar-refractivity contribution in [3.05, 3.63) is 25.0 Å². The first-order chi connectivity index (χ1) is 9.10. The smallest absolute Gasteiger partial charge is 0.176 e. The molecule has 2 rings (SSSR count). The Hall–Kier alpha value is -0.310. The van der Waals surface area contributed by atoms with Gasteiger partial charge >= 0.3 is 0 Å². The Kier molecular flexibility index (Phi) is 5.49. The van der Waals surface area contributed by atoms with Crippen LogP contribution >= 0.6 is 43.2 Å². The van der Waals surface area contributed by atoms with Crippen molar-refractivity contribution in [2.24, 2.45) is 7.05 Å². The summed E-state index contributed by atoms with van der Waals surface area (Å²) in [7, 11) is 1.78. The van der Waals surface area contributed by atoms with Crippen molar-refractivity contribution in [1.82, 2.24) is 25.5 Å². The number of nitrogens with one attached hydrogen (secondary N) is 1. The first-order valence-electron chi connectivity index (χ1n) is 6.01. The normalized spacial score (nSPS) is 12.8. The van der Waals surface area contributed by atoms with Gasteiger partial charge in [-0.1, -0.05) is 6.92 Å². The minimum absolute atomic E-state index is 0.195. The zero-order valence-corrected chi connectivity index (χ0v) is 14.7. The number of aryl methyl sites for hydroxylation is 1. The summed E-state index contributed by atoms with van der Waals surface area (Å²) in [6.45, 7) is 3.12. The fourth-order valence-corrected chi connectivity index (χ4v) is 4.76. The van der Waals surface area contributed by atoms with E-state index in [0.29, 0.717) is 0 Å². The van der Waals surface area contributed by atoms with Crippen molar-refractivity contribution >= 4 is 43.2 Å². The average molecular weight is 409 g/mol.